The first-order valence-electron chi connectivity index (χ1n) is 7.51. The molecule has 0 amide bonds. The molecule has 1 N–H and O–H groups in total. The van der Waals surface area contributed by atoms with Crippen molar-refractivity contribution in [3.63, 3.8) is 0 Å². The second kappa shape index (κ2) is 9.15. The van der Waals surface area contributed by atoms with Crippen molar-refractivity contribution < 1.29 is 14.9 Å². The van der Waals surface area contributed by atoms with Crippen LogP contribution in [0.1, 0.15) is 12.8 Å². The van der Waals surface area contributed by atoms with Crippen LogP contribution in [0.5, 0.6) is 0 Å². The number of hydrogen-bond donors (Lipinski definition) is 1. The first-order valence-corrected chi connectivity index (χ1v) is 7.51. The van der Waals surface area contributed by atoms with Gasteiger partial charge in [-0.05, 0) is 34.4 Å². The van der Waals surface area contributed by atoms with E-state index in [-0.39, 0.29) is 0 Å². The Kier molecular flexibility index (Phi) is 6.84. The first-order chi connectivity index (χ1) is 10.9. The maximum atomic E-state index is 7.00. The molecule has 1 aliphatic rings. The summed E-state index contributed by atoms with van der Waals surface area (Å²) in [5.74, 6) is 0. The average Bonchev–Trinajstić information content (AvgIpc) is 2.65. The van der Waals surface area contributed by atoms with Crippen LogP contribution in [-0.2, 0) is 9.78 Å². The summed E-state index contributed by atoms with van der Waals surface area (Å²) in [5, 5.41) is 12.3. The van der Waals surface area contributed by atoms with Gasteiger partial charge >= 0.3 is 0 Å². The fourth-order valence-electron chi connectivity index (χ4n) is 2.39. The second-order valence-electron chi connectivity index (χ2n) is 4.86. The highest BCUT2D eigenvalue weighted by Crippen LogP contribution is 2.24. The molecule has 0 radical (unpaired) electrons. The van der Waals surface area contributed by atoms with Crippen molar-refractivity contribution in [2.24, 2.45) is 0 Å². The smallest absolute Gasteiger partial charge is 0.0823 e. The molecule has 116 valence electrons. The lowest BCUT2D eigenvalue weighted by molar-refractivity contribution is -0.312. The van der Waals surface area contributed by atoms with Crippen LogP contribution in [0.25, 0.3) is 21.5 Å². The lowest BCUT2D eigenvalue weighted by Gasteiger charge is -2.07. The van der Waals surface area contributed by atoms with E-state index < -0.39 is 0 Å². The number of aliphatic hydroxyl groups excluding tert-OH is 1. The zero-order chi connectivity index (χ0) is 15.6. The molecule has 3 aromatic rings. The molecule has 0 unspecified atom stereocenters. The van der Waals surface area contributed by atoms with E-state index in [1.54, 1.807) is 0 Å². The molecule has 22 heavy (non-hydrogen) atoms. The monoisotopic (exact) mass is 298 g/mol. The van der Waals surface area contributed by atoms with Crippen LogP contribution in [0.2, 0.25) is 0 Å². The van der Waals surface area contributed by atoms with Gasteiger partial charge in [0.25, 0.3) is 0 Å². The summed E-state index contributed by atoms with van der Waals surface area (Å²) in [7, 11) is 1.00. The summed E-state index contributed by atoms with van der Waals surface area (Å²) in [6.07, 6.45) is 2.31. The third-order valence-electron chi connectivity index (χ3n) is 3.44. The molecule has 0 atom stereocenters. The standard InChI is InChI=1S/C14H10.C4H8O2.CH4O/c1-3-7-13-11(5-1)9-10-12-6-2-4-8-14(12)13;1-2-4-6-5-3-1;1-2/h1-10H;1-4H2;2H,1H3. The Morgan fingerprint density at radius 3 is 1.41 bits per heavy atom. The molecule has 4 rings (SSSR count). The maximum Gasteiger partial charge on any atom is 0.0823 e. The molecule has 1 fully saturated rings. The Hall–Kier alpha value is -1.94. The van der Waals surface area contributed by atoms with E-state index in [1.165, 1.54) is 21.5 Å². The highest BCUT2D eigenvalue weighted by atomic mass is 17.2. The van der Waals surface area contributed by atoms with Crippen molar-refractivity contribution in [3.05, 3.63) is 60.7 Å². The van der Waals surface area contributed by atoms with Crippen molar-refractivity contribution in [2.75, 3.05) is 20.3 Å². The minimum absolute atomic E-state index is 0.778. The van der Waals surface area contributed by atoms with Crippen LogP contribution in [-0.4, -0.2) is 25.4 Å². The van der Waals surface area contributed by atoms with E-state index in [0.29, 0.717) is 0 Å². The van der Waals surface area contributed by atoms with E-state index in [2.05, 4.69) is 70.4 Å². The minimum atomic E-state index is 0.778. The number of benzene rings is 3. The average molecular weight is 298 g/mol. The van der Waals surface area contributed by atoms with Gasteiger partial charge in [0, 0.05) is 7.11 Å². The molecule has 1 saturated heterocycles. The molecule has 3 heteroatoms. The fourth-order valence-corrected chi connectivity index (χ4v) is 2.39. The Bertz CT molecular complexity index is 624. The van der Waals surface area contributed by atoms with E-state index >= 15 is 0 Å². The quantitative estimate of drug-likeness (QED) is 0.496. The highest BCUT2D eigenvalue weighted by molar-refractivity contribution is 6.07. The van der Waals surface area contributed by atoms with Crippen molar-refractivity contribution in [1.82, 2.24) is 0 Å². The van der Waals surface area contributed by atoms with Crippen LogP contribution < -0.4 is 0 Å². The normalized spacial score (nSPS) is 13.7. The summed E-state index contributed by atoms with van der Waals surface area (Å²) in [5.41, 5.74) is 0. The Labute approximate surface area is 131 Å². The van der Waals surface area contributed by atoms with Crippen LogP contribution in [0.3, 0.4) is 0 Å². The molecule has 0 bridgehead atoms. The predicted molar refractivity (Wildman–Crippen MR) is 90.7 cm³/mol. The number of rotatable bonds is 0. The molecule has 0 aromatic heterocycles. The molecule has 0 saturated carbocycles. The molecule has 1 heterocycles. The molecule has 0 aliphatic carbocycles. The van der Waals surface area contributed by atoms with Crippen molar-refractivity contribution >= 4 is 21.5 Å². The fraction of sp³-hybridized carbons (Fsp3) is 0.263. The topological polar surface area (TPSA) is 38.7 Å². The Morgan fingerprint density at radius 2 is 1.05 bits per heavy atom. The van der Waals surface area contributed by atoms with Crippen molar-refractivity contribution in [3.8, 4) is 0 Å². The molecule has 3 aromatic carbocycles. The van der Waals surface area contributed by atoms with Crippen LogP contribution in [0.4, 0.5) is 0 Å². The van der Waals surface area contributed by atoms with Crippen LogP contribution >= 0.6 is 0 Å². The Balaban J connectivity index is 0.000000186. The predicted octanol–water partition coefficient (Wildman–Crippen LogP) is 4.33. The zero-order valence-electron chi connectivity index (χ0n) is 12.9. The van der Waals surface area contributed by atoms with Gasteiger partial charge in [-0.2, -0.15) is 0 Å². The second-order valence-corrected chi connectivity index (χ2v) is 4.86. The lowest BCUT2D eigenvalue weighted by Crippen LogP contribution is -2.05. The van der Waals surface area contributed by atoms with Gasteiger partial charge in [0.1, 0.15) is 0 Å². The SMILES string of the molecule is C1CCOOC1.CO.c1ccc2c(c1)ccc1ccccc12. The first kappa shape index (κ1) is 16.4. The van der Waals surface area contributed by atoms with Crippen molar-refractivity contribution in [1.29, 1.82) is 0 Å². The lowest BCUT2D eigenvalue weighted by atomic mass is 10.0. The molecule has 3 nitrogen and oxygen atoms in total. The minimum Gasteiger partial charge on any atom is -0.400 e. The third kappa shape index (κ3) is 4.28. The number of fused-ring (bicyclic) bond motifs is 3. The van der Waals surface area contributed by atoms with Gasteiger partial charge in [-0.3, -0.25) is 0 Å². The van der Waals surface area contributed by atoms with Gasteiger partial charge < -0.3 is 5.11 Å². The number of hydrogen-bond acceptors (Lipinski definition) is 3. The summed E-state index contributed by atoms with van der Waals surface area (Å²) in [4.78, 5) is 9.14. The van der Waals surface area contributed by atoms with E-state index in [4.69, 9.17) is 5.11 Å². The molecule has 1 aliphatic heterocycles. The van der Waals surface area contributed by atoms with Crippen LogP contribution in [0.15, 0.2) is 60.7 Å². The van der Waals surface area contributed by atoms with Crippen LogP contribution in [0, 0.1) is 0 Å². The Morgan fingerprint density at radius 1 is 0.636 bits per heavy atom. The number of aliphatic hydroxyl groups is 1. The summed E-state index contributed by atoms with van der Waals surface area (Å²) >= 11 is 0. The largest absolute Gasteiger partial charge is 0.400 e. The van der Waals surface area contributed by atoms with Gasteiger partial charge in [-0.1, -0.05) is 60.7 Å². The molecule has 0 spiro atoms. The third-order valence-corrected chi connectivity index (χ3v) is 3.44. The highest BCUT2D eigenvalue weighted by Gasteiger charge is 1.97. The maximum absolute atomic E-state index is 7.00. The van der Waals surface area contributed by atoms with Gasteiger partial charge in [-0.15, -0.1) is 0 Å². The van der Waals surface area contributed by atoms with Gasteiger partial charge in [0.2, 0.25) is 0 Å². The van der Waals surface area contributed by atoms with E-state index in [1.807, 2.05) is 0 Å². The molecular weight excluding hydrogens is 276 g/mol. The van der Waals surface area contributed by atoms with E-state index in [9.17, 15) is 0 Å². The zero-order valence-corrected chi connectivity index (χ0v) is 12.9. The molecular formula is C19H22O3. The van der Waals surface area contributed by atoms with Gasteiger partial charge in [0.15, 0.2) is 0 Å². The van der Waals surface area contributed by atoms with E-state index in [0.717, 1.165) is 33.2 Å². The van der Waals surface area contributed by atoms with Gasteiger partial charge in [0.05, 0.1) is 13.2 Å². The summed E-state index contributed by atoms with van der Waals surface area (Å²) < 4.78 is 0. The van der Waals surface area contributed by atoms with Crippen molar-refractivity contribution in [2.45, 2.75) is 12.8 Å². The summed E-state index contributed by atoms with van der Waals surface area (Å²) in [6.45, 7) is 1.56. The summed E-state index contributed by atoms with van der Waals surface area (Å²) in [6, 6.07) is 21.4. The van der Waals surface area contributed by atoms with Gasteiger partial charge in [-0.25, -0.2) is 9.78 Å².